The predicted octanol–water partition coefficient (Wildman–Crippen LogP) is 1.67. The largest absolute Gasteiger partial charge is 0.504 e. The molecule has 0 aliphatic heterocycles. The van der Waals surface area contributed by atoms with Crippen molar-refractivity contribution >= 4 is 16.9 Å². The van der Waals surface area contributed by atoms with Crippen molar-refractivity contribution in [3.63, 3.8) is 0 Å². The van der Waals surface area contributed by atoms with Crippen LogP contribution in [0.4, 0.5) is 5.82 Å². The van der Waals surface area contributed by atoms with Crippen LogP contribution in [0.3, 0.4) is 0 Å². The molecule has 5 nitrogen and oxygen atoms in total. The maximum atomic E-state index is 10.1. The lowest BCUT2D eigenvalue weighted by molar-refractivity contribution is 0.483. The van der Waals surface area contributed by atoms with Gasteiger partial charge in [0.15, 0.2) is 5.75 Å². The molecule has 0 radical (unpaired) electrons. The first-order valence-corrected chi connectivity index (χ1v) is 3.32. The second kappa shape index (κ2) is 2.30. The molecule has 2 heterocycles. The van der Waals surface area contributed by atoms with Crippen LogP contribution in [0.2, 0.25) is 0 Å². The van der Waals surface area contributed by atoms with Gasteiger partial charge in [0.05, 0.1) is 5.39 Å². The average Bonchev–Trinajstić information content (AvgIpc) is 2.44. The summed E-state index contributed by atoms with van der Waals surface area (Å²) in [6, 6.07) is 3.33. The van der Waals surface area contributed by atoms with Crippen molar-refractivity contribution in [2.24, 2.45) is 5.18 Å². The van der Waals surface area contributed by atoms with Crippen molar-refractivity contribution < 1.29 is 5.11 Å². The Morgan fingerprint density at radius 3 is 3.08 bits per heavy atom. The number of nitroso groups, excluding NO2 is 1. The standard InChI is InChI=1S/C7H5N3O2/c11-5-4-2-1-3-8-6(4)9-7(5)10-12/h1-3,11H,(H,8,9). The maximum absolute atomic E-state index is 10.1. The van der Waals surface area contributed by atoms with Crippen molar-refractivity contribution in [3.05, 3.63) is 23.2 Å². The Balaban J connectivity index is 2.87. The molecule has 0 saturated carbocycles. The Kier molecular flexibility index (Phi) is 1.30. The zero-order valence-corrected chi connectivity index (χ0v) is 5.98. The number of nitrogens with one attached hydrogen (secondary N) is 1. The zero-order chi connectivity index (χ0) is 8.55. The molecule has 2 rings (SSSR count). The van der Waals surface area contributed by atoms with Gasteiger partial charge in [-0.1, -0.05) is 0 Å². The van der Waals surface area contributed by atoms with Crippen molar-refractivity contribution in [1.29, 1.82) is 0 Å². The normalized spacial score (nSPS) is 10.3. The summed E-state index contributed by atoms with van der Waals surface area (Å²) in [6.45, 7) is 0. The number of aromatic hydroxyl groups is 1. The average molecular weight is 163 g/mol. The molecule has 0 amide bonds. The number of H-pyrrole nitrogens is 1. The van der Waals surface area contributed by atoms with Crippen LogP contribution in [-0.4, -0.2) is 15.1 Å². The van der Waals surface area contributed by atoms with Gasteiger partial charge in [-0.05, 0) is 17.3 Å². The van der Waals surface area contributed by atoms with Crippen LogP contribution in [0.5, 0.6) is 5.75 Å². The van der Waals surface area contributed by atoms with Crippen LogP contribution >= 0.6 is 0 Å². The second-order valence-corrected chi connectivity index (χ2v) is 2.31. The minimum absolute atomic E-state index is 0.0799. The third kappa shape index (κ3) is 0.763. The van der Waals surface area contributed by atoms with Gasteiger partial charge in [-0.2, -0.15) is 0 Å². The number of hydrogen-bond acceptors (Lipinski definition) is 4. The van der Waals surface area contributed by atoms with E-state index in [1.165, 1.54) is 0 Å². The predicted molar refractivity (Wildman–Crippen MR) is 43.2 cm³/mol. The fourth-order valence-electron chi connectivity index (χ4n) is 1.06. The smallest absolute Gasteiger partial charge is 0.219 e. The van der Waals surface area contributed by atoms with Gasteiger partial charge in [0.25, 0.3) is 0 Å². The first-order valence-electron chi connectivity index (χ1n) is 3.32. The molecule has 0 saturated heterocycles. The molecule has 0 atom stereocenters. The van der Waals surface area contributed by atoms with Crippen LogP contribution in [0.1, 0.15) is 0 Å². The summed E-state index contributed by atoms with van der Waals surface area (Å²) in [5, 5.41) is 12.4. The van der Waals surface area contributed by atoms with Gasteiger partial charge < -0.3 is 10.1 Å². The Morgan fingerprint density at radius 1 is 1.58 bits per heavy atom. The SMILES string of the molecule is O=Nc1[nH]c2ncccc2c1O. The molecule has 2 N–H and O–H groups in total. The molecule has 0 aliphatic rings. The highest BCUT2D eigenvalue weighted by Gasteiger charge is 2.09. The molecule has 0 bridgehead atoms. The summed E-state index contributed by atoms with van der Waals surface area (Å²) in [7, 11) is 0. The zero-order valence-electron chi connectivity index (χ0n) is 5.98. The van der Waals surface area contributed by atoms with Gasteiger partial charge >= 0.3 is 0 Å². The Labute approximate surface area is 67.0 Å². The lowest BCUT2D eigenvalue weighted by atomic mass is 10.3. The van der Waals surface area contributed by atoms with E-state index in [4.69, 9.17) is 0 Å². The van der Waals surface area contributed by atoms with Crippen molar-refractivity contribution in [2.45, 2.75) is 0 Å². The number of fused-ring (bicyclic) bond motifs is 1. The summed E-state index contributed by atoms with van der Waals surface area (Å²) in [6.07, 6.45) is 1.56. The Bertz CT molecular complexity index is 435. The fraction of sp³-hybridized carbons (Fsp3) is 0. The number of rotatable bonds is 1. The molecule has 12 heavy (non-hydrogen) atoms. The minimum atomic E-state index is -0.145. The monoisotopic (exact) mass is 163 g/mol. The summed E-state index contributed by atoms with van der Waals surface area (Å²) < 4.78 is 0. The highest BCUT2D eigenvalue weighted by atomic mass is 16.3. The third-order valence-electron chi connectivity index (χ3n) is 1.62. The van der Waals surface area contributed by atoms with E-state index in [2.05, 4.69) is 15.1 Å². The van der Waals surface area contributed by atoms with E-state index in [0.717, 1.165) is 0 Å². The van der Waals surface area contributed by atoms with Gasteiger partial charge in [-0.3, -0.25) is 0 Å². The molecule has 0 aromatic carbocycles. The number of aromatic amines is 1. The molecule has 2 aromatic heterocycles. The van der Waals surface area contributed by atoms with E-state index in [-0.39, 0.29) is 11.6 Å². The van der Waals surface area contributed by atoms with Crippen LogP contribution in [-0.2, 0) is 0 Å². The maximum Gasteiger partial charge on any atom is 0.219 e. The Morgan fingerprint density at radius 2 is 2.42 bits per heavy atom. The number of aromatic nitrogens is 2. The fourth-order valence-corrected chi connectivity index (χ4v) is 1.06. The Hall–Kier alpha value is -1.91. The second-order valence-electron chi connectivity index (χ2n) is 2.31. The van der Waals surface area contributed by atoms with Crippen molar-refractivity contribution in [3.8, 4) is 5.75 Å². The summed E-state index contributed by atoms with van der Waals surface area (Å²) in [5.74, 6) is -0.225. The van der Waals surface area contributed by atoms with Gasteiger partial charge in [-0.25, -0.2) is 4.98 Å². The van der Waals surface area contributed by atoms with E-state index in [9.17, 15) is 10.0 Å². The molecular weight excluding hydrogens is 158 g/mol. The molecule has 0 aliphatic carbocycles. The quantitative estimate of drug-likeness (QED) is 0.627. The summed E-state index contributed by atoms with van der Waals surface area (Å²) >= 11 is 0. The summed E-state index contributed by atoms with van der Waals surface area (Å²) in [5.41, 5.74) is 0.463. The summed E-state index contributed by atoms with van der Waals surface area (Å²) in [4.78, 5) is 16.6. The van der Waals surface area contributed by atoms with Crippen LogP contribution < -0.4 is 0 Å². The van der Waals surface area contributed by atoms with E-state index >= 15 is 0 Å². The first kappa shape index (κ1) is 6.78. The van der Waals surface area contributed by atoms with Gasteiger partial charge in [-0.15, -0.1) is 4.91 Å². The molecule has 0 unspecified atom stereocenters. The molecule has 5 heteroatoms. The molecule has 2 aromatic rings. The molecule has 0 fully saturated rings. The first-order chi connectivity index (χ1) is 5.83. The topological polar surface area (TPSA) is 78.3 Å². The van der Waals surface area contributed by atoms with Gasteiger partial charge in [0.2, 0.25) is 5.82 Å². The minimum Gasteiger partial charge on any atom is -0.504 e. The van der Waals surface area contributed by atoms with Crippen LogP contribution in [0, 0.1) is 4.91 Å². The molecular formula is C7H5N3O2. The van der Waals surface area contributed by atoms with Crippen molar-refractivity contribution in [1.82, 2.24) is 9.97 Å². The third-order valence-corrected chi connectivity index (χ3v) is 1.62. The number of pyridine rings is 1. The van der Waals surface area contributed by atoms with E-state index < -0.39 is 0 Å². The lowest BCUT2D eigenvalue weighted by Crippen LogP contribution is -1.71. The van der Waals surface area contributed by atoms with Gasteiger partial charge in [0.1, 0.15) is 5.65 Å². The van der Waals surface area contributed by atoms with Crippen molar-refractivity contribution in [2.75, 3.05) is 0 Å². The van der Waals surface area contributed by atoms with E-state index in [1.54, 1.807) is 18.3 Å². The number of hydrogen-bond donors (Lipinski definition) is 2. The highest BCUT2D eigenvalue weighted by molar-refractivity contribution is 5.88. The van der Waals surface area contributed by atoms with E-state index in [0.29, 0.717) is 11.0 Å². The number of nitrogens with zero attached hydrogens (tertiary/aromatic N) is 2. The van der Waals surface area contributed by atoms with Crippen LogP contribution in [0.15, 0.2) is 23.5 Å². The molecule has 60 valence electrons. The van der Waals surface area contributed by atoms with Gasteiger partial charge in [0, 0.05) is 6.20 Å². The lowest BCUT2D eigenvalue weighted by Gasteiger charge is -1.85. The molecule has 0 spiro atoms. The highest BCUT2D eigenvalue weighted by Crippen LogP contribution is 2.32. The van der Waals surface area contributed by atoms with E-state index in [1.807, 2.05) is 0 Å². The van der Waals surface area contributed by atoms with Crippen LogP contribution in [0.25, 0.3) is 11.0 Å².